The number of nitrogens with one attached hydrogen (secondary N) is 1. The molecule has 0 spiro atoms. The zero-order chi connectivity index (χ0) is 10.4. The summed E-state index contributed by atoms with van der Waals surface area (Å²) >= 11 is 0. The van der Waals surface area contributed by atoms with Gasteiger partial charge in [0.1, 0.15) is 0 Å². The lowest BCUT2D eigenvalue weighted by molar-refractivity contribution is 0.629. The highest BCUT2D eigenvalue weighted by atomic mass is 14.8. The van der Waals surface area contributed by atoms with Gasteiger partial charge in [-0.15, -0.1) is 0 Å². The third-order valence-electron chi connectivity index (χ3n) is 2.85. The first-order valence-corrected chi connectivity index (χ1v) is 5.55. The summed E-state index contributed by atoms with van der Waals surface area (Å²) < 4.78 is 0. The Hall–Kier alpha value is -0.820. The Balaban J connectivity index is 2.92. The van der Waals surface area contributed by atoms with Crippen LogP contribution < -0.4 is 5.32 Å². The third kappa shape index (κ3) is 2.58. The molecule has 0 atom stereocenters. The Morgan fingerprint density at radius 1 is 1.14 bits per heavy atom. The van der Waals surface area contributed by atoms with Crippen LogP contribution in [-0.4, -0.2) is 7.05 Å². The van der Waals surface area contributed by atoms with Gasteiger partial charge in [-0.1, -0.05) is 38.1 Å². The summed E-state index contributed by atoms with van der Waals surface area (Å²) in [5, 5.41) is 3.23. The molecule has 78 valence electrons. The SMILES string of the molecule is CCC(CC)c1ccccc1CNC. The molecule has 0 aliphatic carbocycles. The van der Waals surface area contributed by atoms with Crippen molar-refractivity contribution in [3.63, 3.8) is 0 Å². The molecule has 1 rings (SSSR count). The van der Waals surface area contributed by atoms with Crippen LogP contribution in [0, 0.1) is 0 Å². The van der Waals surface area contributed by atoms with E-state index in [9.17, 15) is 0 Å². The number of hydrogen-bond donors (Lipinski definition) is 1. The normalized spacial score (nSPS) is 10.9. The van der Waals surface area contributed by atoms with Crippen molar-refractivity contribution in [3.05, 3.63) is 35.4 Å². The van der Waals surface area contributed by atoms with Crippen LogP contribution >= 0.6 is 0 Å². The number of rotatable bonds is 5. The number of hydrogen-bond acceptors (Lipinski definition) is 1. The fourth-order valence-corrected chi connectivity index (χ4v) is 2.01. The van der Waals surface area contributed by atoms with Crippen LogP contribution in [0.1, 0.15) is 43.7 Å². The molecule has 0 unspecified atom stereocenters. The van der Waals surface area contributed by atoms with Gasteiger partial charge in [0.05, 0.1) is 0 Å². The topological polar surface area (TPSA) is 12.0 Å². The van der Waals surface area contributed by atoms with E-state index in [1.807, 2.05) is 7.05 Å². The van der Waals surface area contributed by atoms with E-state index in [0.717, 1.165) is 12.5 Å². The molecule has 0 heterocycles. The van der Waals surface area contributed by atoms with Gasteiger partial charge >= 0.3 is 0 Å². The van der Waals surface area contributed by atoms with Gasteiger partial charge in [-0.25, -0.2) is 0 Å². The minimum absolute atomic E-state index is 0.722. The van der Waals surface area contributed by atoms with Crippen LogP contribution in [0.15, 0.2) is 24.3 Å². The first-order valence-electron chi connectivity index (χ1n) is 5.55. The van der Waals surface area contributed by atoms with Crippen LogP contribution in [0.5, 0.6) is 0 Å². The van der Waals surface area contributed by atoms with Crippen molar-refractivity contribution in [3.8, 4) is 0 Å². The van der Waals surface area contributed by atoms with Gasteiger partial charge in [-0.3, -0.25) is 0 Å². The summed E-state index contributed by atoms with van der Waals surface area (Å²) in [4.78, 5) is 0. The van der Waals surface area contributed by atoms with Crippen LogP contribution in [0.25, 0.3) is 0 Å². The van der Waals surface area contributed by atoms with E-state index in [-0.39, 0.29) is 0 Å². The lowest BCUT2D eigenvalue weighted by Gasteiger charge is -2.17. The first-order chi connectivity index (χ1) is 6.83. The van der Waals surface area contributed by atoms with Gasteiger partial charge in [-0.2, -0.15) is 0 Å². The maximum Gasteiger partial charge on any atom is 0.0205 e. The van der Waals surface area contributed by atoms with Crippen molar-refractivity contribution >= 4 is 0 Å². The Labute approximate surface area is 87.5 Å². The second-order valence-corrected chi connectivity index (χ2v) is 3.74. The summed E-state index contributed by atoms with van der Waals surface area (Å²) in [6.45, 7) is 5.52. The molecule has 0 aromatic heterocycles. The maximum atomic E-state index is 3.23. The van der Waals surface area contributed by atoms with E-state index in [2.05, 4.69) is 43.4 Å². The standard InChI is InChI=1S/C13H21N/c1-4-11(5-2)13-9-7-6-8-12(13)10-14-3/h6-9,11,14H,4-5,10H2,1-3H3. The van der Waals surface area contributed by atoms with E-state index < -0.39 is 0 Å². The fraction of sp³-hybridized carbons (Fsp3) is 0.538. The smallest absolute Gasteiger partial charge is 0.0205 e. The lowest BCUT2D eigenvalue weighted by Crippen LogP contribution is -2.09. The van der Waals surface area contributed by atoms with Crippen molar-refractivity contribution < 1.29 is 0 Å². The summed E-state index contributed by atoms with van der Waals surface area (Å²) in [5.74, 6) is 0.722. The molecule has 1 aromatic carbocycles. The molecule has 0 fully saturated rings. The molecular weight excluding hydrogens is 170 g/mol. The molecule has 14 heavy (non-hydrogen) atoms. The molecule has 1 nitrogen and oxygen atoms in total. The van der Waals surface area contributed by atoms with Crippen molar-refractivity contribution in [1.29, 1.82) is 0 Å². The van der Waals surface area contributed by atoms with Crippen molar-refractivity contribution in [2.45, 2.75) is 39.2 Å². The van der Waals surface area contributed by atoms with Crippen molar-refractivity contribution in [1.82, 2.24) is 5.32 Å². The van der Waals surface area contributed by atoms with Gasteiger partial charge < -0.3 is 5.32 Å². The highest BCUT2D eigenvalue weighted by molar-refractivity contribution is 5.30. The monoisotopic (exact) mass is 191 g/mol. The molecule has 1 N–H and O–H groups in total. The second-order valence-electron chi connectivity index (χ2n) is 3.74. The highest BCUT2D eigenvalue weighted by Gasteiger charge is 2.10. The summed E-state index contributed by atoms with van der Waals surface area (Å²) in [6, 6.07) is 8.76. The number of benzene rings is 1. The average Bonchev–Trinajstić information content (AvgIpc) is 2.23. The molecule has 1 heteroatoms. The van der Waals surface area contributed by atoms with Crippen molar-refractivity contribution in [2.24, 2.45) is 0 Å². The lowest BCUT2D eigenvalue weighted by atomic mass is 9.90. The molecule has 0 aliphatic rings. The zero-order valence-electron chi connectivity index (χ0n) is 9.51. The van der Waals surface area contributed by atoms with Crippen LogP contribution in [0.2, 0.25) is 0 Å². The molecule has 0 bridgehead atoms. The molecular formula is C13H21N. The van der Waals surface area contributed by atoms with Gasteiger partial charge in [0.15, 0.2) is 0 Å². The van der Waals surface area contributed by atoms with Gasteiger partial charge in [-0.05, 0) is 36.9 Å². The van der Waals surface area contributed by atoms with E-state index >= 15 is 0 Å². The van der Waals surface area contributed by atoms with Crippen LogP contribution in [0.3, 0.4) is 0 Å². The zero-order valence-corrected chi connectivity index (χ0v) is 9.51. The molecule has 1 aromatic rings. The summed E-state index contributed by atoms with van der Waals surface area (Å²) in [6.07, 6.45) is 2.47. The van der Waals surface area contributed by atoms with Gasteiger partial charge in [0.25, 0.3) is 0 Å². The molecule has 0 radical (unpaired) electrons. The van der Waals surface area contributed by atoms with Gasteiger partial charge in [0, 0.05) is 6.54 Å². The van der Waals surface area contributed by atoms with E-state index in [1.165, 1.54) is 24.0 Å². The van der Waals surface area contributed by atoms with E-state index in [1.54, 1.807) is 0 Å². The highest BCUT2D eigenvalue weighted by Crippen LogP contribution is 2.25. The largest absolute Gasteiger partial charge is 0.316 e. The average molecular weight is 191 g/mol. The molecule has 0 saturated heterocycles. The maximum absolute atomic E-state index is 3.23. The minimum Gasteiger partial charge on any atom is -0.316 e. The van der Waals surface area contributed by atoms with Crippen LogP contribution in [0.4, 0.5) is 0 Å². The van der Waals surface area contributed by atoms with Gasteiger partial charge in [0.2, 0.25) is 0 Å². The molecule has 0 aliphatic heterocycles. The predicted molar refractivity (Wildman–Crippen MR) is 62.5 cm³/mol. The Morgan fingerprint density at radius 2 is 1.79 bits per heavy atom. The summed E-state index contributed by atoms with van der Waals surface area (Å²) in [5.41, 5.74) is 2.97. The van der Waals surface area contributed by atoms with E-state index in [0.29, 0.717) is 0 Å². The second kappa shape index (κ2) is 5.82. The first kappa shape index (κ1) is 11.3. The molecule has 0 amide bonds. The quantitative estimate of drug-likeness (QED) is 0.753. The minimum atomic E-state index is 0.722. The molecule has 0 saturated carbocycles. The van der Waals surface area contributed by atoms with Crippen molar-refractivity contribution in [2.75, 3.05) is 7.05 Å². The van der Waals surface area contributed by atoms with Crippen LogP contribution in [-0.2, 0) is 6.54 Å². The third-order valence-corrected chi connectivity index (χ3v) is 2.85. The Bertz CT molecular complexity index is 264. The van der Waals surface area contributed by atoms with E-state index in [4.69, 9.17) is 0 Å². The predicted octanol–water partition coefficient (Wildman–Crippen LogP) is 3.31. The summed E-state index contributed by atoms with van der Waals surface area (Å²) in [7, 11) is 2.00. The Morgan fingerprint density at radius 3 is 2.36 bits per heavy atom. The fourth-order valence-electron chi connectivity index (χ4n) is 2.01. The Kier molecular flexibility index (Phi) is 4.68.